The van der Waals surface area contributed by atoms with E-state index < -0.39 is 15.9 Å². The Kier molecular flexibility index (Phi) is 8.89. The van der Waals surface area contributed by atoms with Gasteiger partial charge in [-0.25, -0.2) is 13.8 Å². The Morgan fingerprint density at radius 2 is 1.55 bits per heavy atom. The number of carbonyl (C=O) groups excluding carboxylic acids is 2. The maximum atomic E-state index is 12.8. The number of hydrogen-bond acceptors (Lipinski definition) is 5. The Morgan fingerprint density at radius 1 is 0.968 bits per heavy atom. The van der Waals surface area contributed by atoms with Gasteiger partial charge in [-0.1, -0.05) is 26.0 Å². The lowest BCUT2D eigenvalue weighted by molar-refractivity contribution is -0.114. The second-order valence-corrected chi connectivity index (χ2v) is 8.87. The van der Waals surface area contributed by atoms with Crippen LogP contribution in [0.5, 0.6) is 0 Å². The van der Waals surface area contributed by atoms with E-state index in [9.17, 15) is 18.0 Å². The number of sulfonamides is 1. The van der Waals surface area contributed by atoms with E-state index in [0.29, 0.717) is 24.3 Å². The zero-order valence-electron chi connectivity index (χ0n) is 18.0. The smallest absolute Gasteiger partial charge is 0.271 e. The number of amides is 2. The first-order valence-corrected chi connectivity index (χ1v) is 11.5. The van der Waals surface area contributed by atoms with E-state index in [-0.39, 0.29) is 10.8 Å². The molecule has 0 atom stereocenters. The summed E-state index contributed by atoms with van der Waals surface area (Å²) in [6.45, 7) is 6.21. The highest BCUT2D eigenvalue weighted by atomic mass is 32.2. The predicted molar refractivity (Wildman–Crippen MR) is 122 cm³/mol. The van der Waals surface area contributed by atoms with E-state index in [1.807, 2.05) is 13.8 Å². The van der Waals surface area contributed by atoms with Crippen LogP contribution in [0.3, 0.4) is 0 Å². The Hall–Kier alpha value is -3.04. The highest BCUT2D eigenvalue weighted by molar-refractivity contribution is 7.89. The molecule has 2 amide bonds. The van der Waals surface area contributed by atoms with Gasteiger partial charge < -0.3 is 5.32 Å². The number of benzene rings is 2. The molecule has 2 aromatic rings. The van der Waals surface area contributed by atoms with Crippen LogP contribution in [0.4, 0.5) is 5.69 Å². The first kappa shape index (κ1) is 24.2. The summed E-state index contributed by atoms with van der Waals surface area (Å²) in [4.78, 5) is 23.5. The molecule has 8 nitrogen and oxygen atoms in total. The Balaban J connectivity index is 2.01. The Bertz CT molecular complexity index is 1010. The van der Waals surface area contributed by atoms with Crippen LogP contribution >= 0.6 is 0 Å². The van der Waals surface area contributed by atoms with Gasteiger partial charge in [-0.2, -0.15) is 9.41 Å². The van der Waals surface area contributed by atoms with E-state index in [1.54, 1.807) is 24.3 Å². The molecular weight excluding hydrogens is 416 g/mol. The van der Waals surface area contributed by atoms with Crippen molar-refractivity contribution < 1.29 is 18.0 Å². The van der Waals surface area contributed by atoms with E-state index >= 15 is 0 Å². The van der Waals surface area contributed by atoms with Gasteiger partial charge in [0, 0.05) is 31.3 Å². The third-order valence-electron chi connectivity index (χ3n) is 4.31. The summed E-state index contributed by atoms with van der Waals surface area (Å²) < 4.78 is 27.0. The average Bonchev–Trinajstić information content (AvgIpc) is 2.74. The third-order valence-corrected chi connectivity index (χ3v) is 6.22. The number of rotatable bonds is 10. The maximum absolute atomic E-state index is 12.8. The van der Waals surface area contributed by atoms with Crippen LogP contribution in [0.15, 0.2) is 58.5 Å². The Labute approximate surface area is 183 Å². The summed E-state index contributed by atoms with van der Waals surface area (Å²) in [5, 5.41) is 6.58. The molecule has 0 aromatic heterocycles. The van der Waals surface area contributed by atoms with E-state index in [4.69, 9.17) is 0 Å². The minimum atomic E-state index is -3.59. The summed E-state index contributed by atoms with van der Waals surface area (Å²) in [5.74, 6) is -0.607. The molecule has 2 aromatic carbocycles. The normalized spacial score (nSPS) is 11.6. The highest BCUT2D eigenvalue weighted by Crippen LogP contribution is 2.17. The summed E-state index contributed by atoms with van der Waals surface area (Å²) in [7, 11) is -3.59. The lowest BCUT2D eigenvalue weighted by atomic mass is 10.2. The molecule has 2 N–H and O–H groups in total. The van der Waals surface area contributed by atoms with Gasteiger partial charge in [0.15, 0.2) is 0 Å². The predicted octanol–water partition coefficient (Wildman–Crippen LogP) is 3.22. The van der Waals surface area contributed by atoms with Crippen LogP contribution in [0.25, 0.3) is 0 Å². The lowest BCUT2D eigenvalue weighted by Crippen LogP contribution is -2.32. The van der Waals surface area contributed by atoms with Crippen molar-refractivity contribution >= 4 is 33.7 Å². The molecule has 0 unspecified atom stereocenters. The fourth-order valence-electron chi connectivity index (χ4n) is 2.86. The maximum Gasteiger partial charge on any atom is 0.271 e. The molecule has 0 fully saturated rings. The molecule has 2 rings (SSSR count). The van der Waals surface area contributed by atoms with Crippen molar-refractivity contribution in [2.24, 2.45) is 5.10 Å². The van der Waals surface area contributed by atoms with Crippen molar-refractivity contribution in [1.82, 2.24) is 9.73 Å². The fourth-order valence-corrected chi connectivity index (χ4v) is 4.49. The number of nitrogens with zero attached hydrogens (tertiary/aromatic N) is 2. The summed E-state index contributed by atoms with van der Waals surface area (Å²) in [6.07, 6.45) is 2.93. The molecule has 166 valence electrons. The molecule has 31 heavy (non-hydrogen) atoms. The van der Waals surface area contributed by atoms with Gasteiger partial charge in [-0.05, 0) is 54.8 Å². The minimum Gasteiger partial charge on any atom is -0.326 e. The average molecular weight is 445 g/mol. The van der Waals surface area contributed by atoms with Gasteiger partial charge in [0.2, 0.25) is 15.9 Å². The molecule has 0 heterocycles. The molecule has 0 aliphatic carbocycles. The second kappa shape index (κ2) is 11.4. The monoisotopic (exact) mass is 444 g/mol. The molecule has 0 radical (unpaired) electrons. The Morgan fingerprint density at radius 3 is 2.06 bits per heavy atom. The fraction of sp³-hybridized carbons (Fsp3) is 0.318. The van der Waals surface area contributed by atoms with E-state index in [0.717, 1.165) is 18.4 Å². The lowest BCUT2D eigenvalue weighted by Gasteiger charge is -2.21. The van der Waals surface area contributed by atoms with Crippen molar-refractivity contribution in [3.63, 3.8) is 0 Å². The first-order valence-electron chi connectivity index (χ1n) is 10.1. The zero-order valence-corrected chi connectivity index (χ0v) is 18.8. The number of anilines is 1. The summed E-state index contributed by atoms with van der Waals surface area (Å²) in [5.41, 5.74) is 4.12. The van der Waals surface area contributed by atoms with Crippen molar-refractivity contribution in [3.05, 3.63) is 59.7 Å². The molecule has 0 bridgehead atoms. The van der Waals surface area contributed by atoms with Crippen molar-refractivity contribution in [2.45, 2.75) is 38.5 Å². The van der Waals surface area contributed by atoms with Gasteiger partial charge in [-0.15, -0.1) is 0 Å². The van der Waals surface area contributed by atoms with E-state index in [2.05, 4.69) is 15.8 Å². The van der Waals surface area contributed by atoms with Crippen LogP contribution in [-0.2, 0) is 14.8 Å². The van der Waals surface area contributed by atoms with Crippen LogP contribution < -0.4 is 10.7 Å². The van der Waals surface area contributed by atoms with Crippen molar-refractivity contribution in [2.75, 3.05) is 18.4 Å². The molecule has 0 aliphatic rings. The topological polar surface area (TPSA) is 108 Å². The van der Waals surface area contributed by atoms with Crippen LogP contribution in [-0.4, -0.2) is 43.8 Å². The van der Waals surface area contributed by atoms with Gasteiger partial charge in [0.05, 0.1) is 11.1 Å². The van der Waals surface area contributed by atoms with Crippen LogP contribution in [0.2, 0.25) is 0 Å². The van der Waals surface area contributed by atoms with Gasteiger partial charge in [-0.3, -0.25) is 9.59 Å². The highest BCUT2D eigenvalue weighted by Gasteiger charge is 2.23. The summed E-state index contributed by atoms with van der Waals surface area (Å²) in [6, 6.07) is 12.8. The minimum absolute atomic E-state index is 0.157. The quantitative estimate of drug-likeness (QED) is 0.433. The van der Waals surface area contributed by atoms with Gasteiger partial charge in [0.25, 0.3) is 5.91 Å². The van der Waals surface area contributed by atoms with Gasteiger partial charge >= 0.3 is 0 Å². The third kappa shape index (κ3) is 7.01. The van der Waals surface area contributed by atoms with E-state index in [1.165, 1.54) is 41.7 Å². The first-order chi connectivity index (χ1) is 14.8. The molecule has 9 heteroatoms. The second-order valence-electron chi connectivity index (χ2n) is 6.93. The molecule has 0 saturated carbocycles. The zero-order chi connectivity index (χ0) is 22.9. The van der Waals surface area contributed by atoms with Crippen molar-refractivity contribution in [3.8, 4) is 0 Å². The number of carbonyl (C=O) groups is 2. The molecular formula is C22H28N4O4S. The van der Waals surface area contributed by atoms with Crippen molar-refractivity contribution in [1.29, 1.82) is 0 Å². The molecule has 0 saturated heterocycles. The molecule has 0 aliphatic heterocycles. The number of hydrazone groups is 1. The largest absolute Gasteiger partial charge is 0.326 e. The van der Waals surface area contributed by atoms with Crippen LogP contribution in [0.1, 0.15) is 49.5 Å². The number of nitrogens with one attached hydrogen (secondary N) is 2. The standard InChI is InChI=1S/C22H28N4O4S/c1-4-14-26(15-5-2)31(29,30)21-12-8-19(9-13-21)22(28)25-23-16-18-6-10-20(11-7-18)24-17(3)27/h6-13,16H,4-5,14-15H2,1-3H3,(H,24,27)(H,25,28)/b23-16+. The SMILES string of the molecule is CCCN(CCC)S(=O)(=O)c1ccc(C(=O)N/N=C/c2ccc(NC(C)=O)cc2)cc1. The number of hydrogen-bond donors (Lipinski definition) is 2. The molecule has 0 spiro atoms. The van der Waals surface area contributed by atoms with Crippen LogP contribution in [0, 0.1) is 0 Å². The van der Waals surface area contributed by atoms with Gasteiger partial charge in [0.1, 0.15) is 0 Å². The summed E-state index contributed by atoms with van der Waals surface area (Å²) >= 11 is 0.